The van der Waals surface area contributed by atoms with Crippen LogP contribution < -0.4 is 11.1 Å². The minimum Gasteiger partial charge on any atom is -0.398 e. The molecular weight excluding hydrogens is 258 g/mol. The fraction of sp³-hybridized carbons (Fsp3) is 0.133. The highest BCUT2D eigenvalue weighted by Gasteiger charge is 1.99. The SMILES string of the molecule is N#Cc1ccc(NCCc2ccc(Cl)cc2)cc1N. The summed E-state index contributed by atoms with van der Waals surface area (Å²) in [5.41, 5.74) is 8.90. The van der Waals surface area contributed by atoms with E-state index >= 15 is 0 Å². The molecule has 0 spiro atoms. The number of nitrogen functional groups attached to an aromatic ring is 1. The third kappa shape index (κ3) is 3.64. The molecule has 0 aromatic heterocycles. The zero-order valence-electron chi connectivity index (χ0n) is 10.4. The summed E-state index contributed by atoms with van der Waals surface area (Å²) < 4.78 is 0. The minimum atomic E-state index is 0.499. The van der Waals surface area contributed by atoms with Crippen molar-refractivity contribution in [2.24, 2.45) is 0 Å². The van der Waals surface area contributed by atoms with E-state index in [2.05, 4.69) is 5.32 Å². The molecule has 0 aliphatic carbocycles. The van der Waals surface area contributed by atoms with Crippen molar-refractivity contribution in [2.75, 3.05) is 17.6 Å². The monoisotopic (exact) mass is 271 g/mol. The minimum absolute atomic E-state index is 0.499. The number of nitrogens with one attached hydrogen (secondary N) is 1. The Bertz CT molecular complexity index is 600. The van der Waals surface area contributed by atoms with E-state index < -0.39 is 0 Å². The van der Waals surface area contributed by atoms with Gasteiger partial charge in [-0.25, -0.2) is 0 Å². The second-order valence-electron chi connectivity index (χ2n) is 4.22. The first kappa shape index (κ1) is 13.3. The van der Waals surface area contributed by atoms with Crippen molar-refractivity contribution in [3.05, 3.63) is 58.6 Å². The molecule has 3 N–H and O–H groups in total. The predicted octanol–water partition coefficient (Wildman–Crippen LogP) is 3.45. The van der Waals surface area contributed by atoms with Crippen molar-refractivity contribution in [1.29, 1.82) is 5.26 Å². The topological polar surface area (TPSA) is 61.8 Å². The third-order valence-electron chi connectivity index (χ3n) is 2.83. The van der Waals surface area contributed by atoms with Gasteiger partial charge in [0.1, 0.15) is 6.07 Å². The molecule has 0 amide bonds. The Labute approximate surface area is 117 Å². The fourth-order valence-electron chi connectivity index (χ4n) is 1.78. The average molecular weight is 272 g/mol. The smallest absolute Gasteiger partial charge is 0.101 e. The summed E-state index contributed by atoms with van der Waals surface area (Å²) in [5.74, 6) is 0. The highest BCUT2D eigenvalue weighted by molar-refractivity contribution is 6.30. The average Bonchev–Trinajstić information content (AvgIpc) is 2.41. The van der Waals surface area contributed by atoms with Crippen LogP contribution in [0.2, 0.25) is 5.02 Å². The Kier molecular flexibility index (Phi) is 4.27. The molecule has 0 fully saturated rings. The molecule has 2 aromatic rings. The van der Waals surface area contributed by atoms with E-state index in [-0.39, 0.29) is 0 Å². The molecule has 0 saturated carbocycles. The van der Waals surface area contributed by atoms with E-state index in [1.165, 1.54) is 5.56 Å². The molecule has 0 radical (unpaired) electrons. The molecular formula is C15H14ClN3. The number of anilines is 2. The largest absolute Gasteiger partial charge is 0.398 e. The zero-order valence-corrected chi connectivity index (χ0v) is 11.1. The lowest BCUT2D eigenvalue weighted by Crippen LogP contribution is -2.05. The molecule has 19 heavy (non-hydrogen) atoms. The van der Waals surface area contributed by atoms with Crippen molar-refractivity contribution in [1.82, 2.24) is 0 Å². The van der Waals surface area contributed by atoms with E-state index in [0.717, 1.165) is 23.7 Å². The highest BCUT2D eigenvalue weighted by Crippen LogP contribution is 2.17. The standard InChI is InChI=1S/C15H14ClN3/c16-13-4-1-11(2-5-13)7-8-19-14-6-3-12(10-17)15(18)9-14/h1-6,9,19H,7-8,18H2. The van der Waals surface area contributed by atoms with Crippen molar-refractivity contribution < 1.29 is 0 Å². The summed E-state index contributed by atoms with van der Waals surface area (Å²) in [4.78, 5) is 0. The van der Waals surface area contributed by atoms with Crippen LogP contribution in [0.25, 0.3) is 0 Å². The third-order valence-corrected chi connectivity index (χ3v) is 3.08. The molecule has 4 heteroatoms. The van der Waals surface area contributed by atoms with E-state index in [0.29, 0.717) is 11.3 Å². The van der Waals surface area contributed by atoms with Crippen LogP contribution in [0.5, 0.6) is 0 Å². The summed E-state index contributed by atoms with van der Waals surface area (Å²) in [5, 5.41) is 12.8. The summed E-state index contributed by atoms with van der Waals surface area (Å²) >= 11 is 5.83. The second-order valence-corrected chi connectivity index (χ2v) is 4.65. The maximum Gasteiger partial charge on any atom is 0.101 e. The van der Waals surface area contributed by atoms with Crippen LogP contribution in [-0.2, 0) is 6.42 Å². The van der Waals surface area contributed by atoms with Gasteiger partial charge in [-0.3, -0.25) is 0 Å². The van der Waals surface area contributed by atoms with Crippen molar-refractivity contribution in [3.63, 3.8) is 0 Å². The maximum atomic E-state index is 8.80. The first-order chi connectivity index (χ1) is 9.19. The summed E-state index contributed by atoms with van der Waals surface area (Å²) in [6.07, 6.45) is 0.900. The molecule has 2 aromatic carbocycles. The van der Waals surface area contributed by atoms with Gasteiger partial charge in [-0.1, -0.05) is 23.7 Å². The van der Waals surface area contributed by atoms with E-state index in [1.54, 1.807) is 12.1 Å². The Hall–Kier alpha value is -2.18. The Morgan fingerprint density at radius 2 is 1.89 bits per heavy atom. The zero-order chi connectivity index (χ0) is 13.7. The molecule has 0 unspecified atom stereocenters. The molecule has 0 aliphatic heterocycles. The van der Waals surface area contributed by atoms with Gasteiger partial charge < -0.3 is 11.1 Å². The van der Waals surface area contributed by atoms with Crippen LogP contribution in [0.1, 0.15) is 11.1 Å². The number of halogens is 1. The van der Waals surface area contributed by atoms with Gasteiger partial charge in [0, 0.05) is 17.3 Å². The lowest BCUT2D eigenvalue weighted by molar-refractivity contribution is 1.02. The predicted molar refractivity (Wildman–Crippen MR) is 79.2 cm³/mol. The first-order valence-electron chi connectivity index (χ1n) is 5.97. The van der Waals surface area contributed by atoms with Crippen LogP contribution in [0.4, 0.5) is 11.4 Å². The van der Waals surface area contributed by atoms with Crippen LogP contribution in [-0.4, -0.2) is 6.54 Å². The fourth-order valence-corrected chi connectivity index (χ4v) is 1.90. The second kappa shape index (κ2) is 6.12. The lowest BCUT2D eigenvalue weighted by atomic mass is 10.1. The van der Waals surface area contributed by atoms with Gasteiger partial charge in [-0.05, 0) is 42.3 Å². The van der Waals surface area contributed by atoms with Crippen LogP contribution in [0.3, 0.4) is 0 Å². The summed E-state index contributed by atoms with van der Waals surface area (Å²) in [6.45, 7) is 0.799. The van der Waals surface area contributed by atoms with Crippen molar-refractivity contribution >= 4 is 23.0 Å². The van der Waals surface area contributed by atoms with E-state index in [9.17, 15) is 0 Å². The van der Waals surface area contributed by atoms with E-state index in [1.807, 2.05) is 36.4 Å². The number of nitrogens with zero attached hydrogens (tertiary/aromatic N) is 1. The van der Waals surface area contributed by atoms with Gasteiger partial charge in [0.2, 0.25) is 0 Å². The lowest BCUT2D eigenvalue weighted by Gasteiger charge is -2.08. The molecule has 0 aliphatic rings. The normalized spacial score (nSPS) is 9.89. The van der Waals surface area contributed by atoms with Crippen LogP contribution in [0.15, 0.2) is 42.5 Å². The number of benzene rings is 2. The number of nitrogens with two attached hydrogens (primary N) is 1. The molecule has 0 saturated heterocycles. The number of rotatable bonds is 4. The molecule has 0 bridgehead atoms. The Balaban J connectivity index is 1.91. The molecule has 0 atom stereocenters. The van der Waals surface area contributed by atoms with Gasteiger partial charge in [0.25, 0.3) is 0 Å². The van der Waals surface area contributed by atoms with Gasteiger partial charge in [-0.15, -0.1) is 0 Å². The molecule has 96 valence electrons. The first-order valence-corrected chi connectivity index (χ1v) is 6.35. The maximum absolute atomic E-state index is 8.80. The quantitative estimate of drug-likeness (QED) is 0.837. The molecule has 3 nitrogen and oxygen atoms in total. The Morgan fingerprint density at radius 3 is 2.53 bits per heavy atom. The summed E-state index contributed by atoms with van der Waals surface area (Å²) in [6, 6.07) is 15.2. The number of nitriles is 1. The summed E-state index contributed by atoms with van der Waals surface area (Å²) in [7, 11) is 0. The molecule has 0 heterocycles. The van der Waals surface area contributed by atoms with Crippen molar-refractivity contribution in [2.45, 2.75) is 6.42 Å². The van der Waals surface area contributed by atoms with Crippen LogP contribution in [0, 0.1) is 11.3 Å². The van der Waals surface area contributed by atoms with E-state index in [4.69, 9.17) is 22.6 Å². The van der Waals surface area contributed by atoms with Gasteiger partial charge in [0.05, 0.1) is 11.3 Å². The number of hydrogen-bond acceptors (Lipinski definition) is 3. The van der Waals surface area contributed by atoms with Crippen molar-refractivity contribution in [3.8, 4) is 6.07 Å². The Morgan fingerprint density at radius 1 is 1.16 bits per heavy atom. The highest BCUT2D eigenvalue weighted by atomic mass is 35.5. The van der Waals surface area contributed by atoms with Gasteiger partial charge in [0.15, 0.2) is 0 Å². The number of hydrogen-bond donors (Lipinski definition) is 2. The van der Waals surface area contributed by atoms with Crippen LogP contribution >= 0.6 is 11.6 Å². The van der Waals surface area contributed by atoms with Gasteiger partial charge >= 0.3 is 0 Å². The molecule has 2 rings (SSSR count). The van der Waals surface area contributed by atoms with Gasteiger partial charge in [-0.2, -0.15) is 5.26 Å².